The third-order valence-corrected chi connectivity index (χ3v) is 10.6. The van der Waals surface area contributed by atoms with E-state index >= 15 is 0 Å². The molecule has 0 N–H and O–H groups in total. The predicted octanol–water partition coefficient (Wildman–Crippen LogP) is 12.7. The summed E-state index contributed by atoms with van der Waals surface area (Å²) in [5.74, 6) is 1.94. The molecule has 0 fully saturated rings. The second kappa shape index (κ2) is 11.8. The van der Waals surface area contributed by atoms with Gasteiger partial charge in [-0.2, -0.15) is 11.8 Å². The summed E-state index contributed by atoms with van der Waals surface area (Å²) in [6.07, 6.45) is 0. The molecule has 0 saturated carbocycles. The van der Waals surface area contributed by atoms with E-state index in [-0.39, 0.29) is 0 Å². The van der Waals surface area contributed by atoms with Crippen LogP contribution >= 0.6 is 11.8 Å². The standard InChI is InChI=1S/C45H30N2S/c1-46-38-18-21-45-43(26-38)41-14-8-9-15-44(41)47(45)39-19-16-33-28-48-29-37-22-32(17-20-40(37)42(33)27-39)36-24-34(30-10-4-2-5-11-30)23-35(25-36)31-12-6-3-7-13-31/h2-27H,28-29H2. The van der Waals surface area contributed by atoms with Crippen LogP contribution < -0.4 is 0 Å². The summed E-state index contributed by atoms with van der Waals surface area (Å²) >= 11 is 1.98. The third-order valence-electron chi connectivity index (χ3n) is 9.53. The first-order valence-corrected chi connectivity index (χ1v) is 17.4. The first-order chi connectivity index (χ1) is 23.7. The zero-order valence-electron chi connectivity index (χ0n) is 26.2. The van der Waals surface area contributed by atoms with Crippen LogP contribution in [0.15, 0.2) is 158 Å². The molecular weight excluding hydrogens is 601 g/mol. The Kier molecular flexibility index (Phi) is 6.96. The monoisotopic (exact) mass is 630 g/mol. The highest BCUT2D eigenvalue weighted by Crippen LogP contribution is 2.42. The van der Waals surface area contributed by atoms with E-state index in [1.807, 2.05) is 23.9 Å². The molecule has 0 unspecified atom stereocenters. The van der Waals surface area contributed by atoms with Crippen molar-refractivity contribution < 1.29 is 0 Å². The Balaban J connectivity index is 1.18. The summed E-state index contributed by atoms with van der Waals surface area (Å²) in [7, 11) is 0. The molecule has 0 saturated heterocycles. The quantitative estimate of drug-likeness (QED) is 0.176. The number of hydrogen-bond donors (Lipinski definition) is 0. The van der Waals surface area contributed by atoms with Crippen LogP contribution in [0, 0.1) is 6.57 Å². The second-order valence-corrected chi connectivity index (χ2v) is 13.4. The maximum Gasteiger partial charge on any atom is 0.188 e. The van der Waals surface area contributed by atoms with E-state index in [1.165, 1.54) is 61.0 Å². The fraction of sp³-hybridized carbons (Fsp3) is 0.0444. The molecule has 0 radical (unpaired) electrons. The molecule has 0 atom stereocenters. The molecule has 0 spiro atoms. The van der Waals surface area contributed by atoms with Gasteiger partial charge >= 0.3 is 0 Å². The van der Waals surface area contributed by atoms with Gasteiger partial charge in [0.25, 0.3) is 0 Å². The van der Waals surface area contributed by atoms with E-state index in [4.69, 9.17) is 6.57 Å². The average molecular weight is 631 g/mol. The minimum atomic E-state index is 0.666. The summed E-state index contributed by atoms with van der Waals surface area (Å²) < 4.78 is 2.35. The predicted molar refractivity (Wildman–Crippen MR) is 204 cm³/mol. The molecule has 8 aromatic rings. The van der Waals surface area contributed by atoms with Crippen LogP contribution in [-0.4, -0.2) is 4.57 Å². The number of rotatable bonds is 4. The van der Waals surface area contributed by atoms with Crippen LogP contribution in [0.25, 0.3) is 76.8 Å². The van der Waals surface area contributed by atoms with Crippen LogP contribution in [0.5, 0.6) is 0 Å². The molecule has 0 bridgehead atoms. The van der Waals surface area contributed by atoms with Crippen molar-refractivity contribution in [1.82, 2.24) is 4.57 Å². The Hall–Kier alpha value is -5.82. The van der Waals surface area contributed by atoms with Gasteiger partial charge in [0.2, 0.25) is 0 Å². The first-order valence-electron chi connectivity index (χ1n) is 16.2. The molecule has 3 heteroatoms. The van der Waals surface area contributed by atoms with E-state index in [0.717, 1.165) is 33.6 Å². The lowest BCUT2D eigenvalue weighted by atomic mass is 9.90. The highest BCUT2D eigenvalue weighted by atomic mass is 32.2. The van der Waals surface area contributed by atoms with Gasteiger partial charge in [0.05, 0.1) is 17.6 Å². The van der Waals surface area contributed by atoms with Crippen molar-refractivity contribution in [1.29, 1.82) is 0 Å². The SMILES string of the molecule is [C-]#[N+]c1ccc2c(c1)c1ccccc1n2-c1ccc2c(c1)-c1ccc(-c3cc(-c4ccccc4)cc(-c4ccccc4)c3)cc1CSC2. The normalized spacial score (nSPS) is 12.3. The molecule has 7 aromatic carbocycles. The Labute approximate surface area is 284 Å². The van der Waals surface area contributed by atoms with Gasteiger partial charge in [0.15, 0.2) is 5.69 Å². The van der Waals surface area contributed by atoms with E-state index in [9.17, 15) is 0 Å². The lowest BCUT2D eigenvalue weighted by Gasteiger charge is -2.16. The van der Waals surface area contributed by atoms with Crippen molar-refractivity contribution in [2.45, 2.75) is 11.5 Å². The van der Waals surface area contributed by atoms with Gasteiger partial charge in [-0.3, -0.25) is 0 Å². The maximum atomic E-state index is 7.58. The summed E-state index contributed by atoms with van der Waals surface area (Å²) in [5, 5.41) is 2.28. The van der Waals surface area contributed by atoms with Gasteiger partial charge in [0.1, 0.15) is 0 Å². The van der Waals surface area contributed by atoms with E-state index in [2.05, 4.69) is 155 Å². The Morgan fingerprint density at radius 3 is 1.83 bits per heavy atom. The van der Waals surface area contributed by atoms with Crippen LogP contribution in [0.4, 0.5) is 5.69 Å². The van der Waals surface area contributed by atoms with Gasteiger partial charge in [-0.05, 0) is 116 Å². The fourth-order valence-electron chi connectivity index (χ4n) is 7.20. The number of nitrogens with zero attached hydrogens (tertiary/aromatic N) is 2. The number of fused-ring (bicyclic) bond motifs is 6. The van der Waals surface area contributed by atoms with E-state index < -0.39 is 0 Å². The summed E-state index contributed by atoms with van der Waals surface area (Å²) in [6.45, 7) is 7.58. The summed E-state index contributed by atoms with van der Waals surface area (Å²) in [5.41, 5.74) is 16.8. The van der Waals surface area contributed by atoms with Gasteiger partial charge in [-0.25, -0.2) is 4.85 Å². The third kappa shape index (κ3) is 4.90. The Morgan fingerprint density at radius 1 is 0.458 bits per heavy atom. The topological polar surface area (TPSA) is 9.29 Å². The molecule has 1 aromatic heterocycles. The van der Waals surface area contributed by atoms with Crippen molar-refractivity contribution in [2.75, 3.05) is 0 Å². The number of aromatic nitrogens is 1. The molecule has 48 heavy (non-hydrogen) atoms. The summed E-state index contributed by atoms with van der Waals surface area (Å²) in [4.78, 5) is 3.71. The molecule has 1 aliphatic rings. The van der Waals surface area contributed by atoms with Crippen molar-refractivity contribution in [3.63, 3.8) is 0 Å². The number of thioether (sulfide) groups is 1. The van der Waals surface area contributed by atoms with Gasteiger partial charge in [0, 0.05) is 22.6 Å². The molecule has 0 aliphatic carbocycles. The molecule has 0 amide bonds. The van der Waals surface area contributed by atoms with Crippen molar-refractivity contribution >= 4 is 39.3 Å². The molecule has 9 rings (SSSR count). The molecule has 226 valence electrons. The number of benzene rings is 7. The summed E-state index contributed by atoms with van der Waals surface area (Å²) in [6, 6.07) is 56.9. The number of hydrogen-bond acceptors (Lipinski definition) is 1. The highest BCUT2D eigenvalue weighted by molar-refractivity contribution is 7.97. The Morgan fingerprint density at radius 2 is 1.10 bits per heavy atom. The van der Waals surface area contributed by atoms with Crippen LogP contribution in [0.3, 0.4) is 0 Å². The smallest absolute Gasteiger partial charge is 0.188 e. The van der Waals surface area contributed by atoms with Crippen molar-refractivity contribution in [3.05, 3.63) is 180 Å². The Bertz CT molecular complexity index is 2480. The van der Waals surface area contributed by atoms with Crippen molar-refractivity contribution in [3.8, 4) is 50.2 Å². The zero-order chi connectivity index (χ0) is 32.0. The zero-order valence-corrected chi connectivity index (χ0v) is 27.0. The maximum absolute atomic E-state index is 7.58. The average Bonchev–Trinajstić information content (AvgIpc) is 3.37. The highest BCUT2D eigenvalue weighted by Gasteiger charge is 2.19. The lowest BCUT2D eigenvalue weighted by Crippen LogP contribution is -1.97. The van der Waals surface area contributed by atoms with Crippen LogP contribution in [0.1, 0.15) is 11.1 Å². The first kappa shape index (κ1) is 28.4. The molecule has 2 heterocycles. The van der Waals surface area contributed by atoms with Crippen LogP contribution in [-0.2, 0) is 11.5 Å². The van der Waals surface area contributed by atoms with Crippen LogP contribution in [0.2, 0.25) is 0 Å². The minimum Gasteiger partial charge on any atom is -0.309 e. The second-order valence-electron chi connectivity index (χ2n) is 12.4. The largest absolute Gasteiger partial charge is 0.309 e. The van der Waals surface area contributed by atoms with Gasteiger partial charge in [-0.1, -0.05) is 103 Å². The molecule has 1 aliphatic heterocycles. The van der Waals surface area contributed by atoms with Gasteiger partial charge in [-0.15, -0.1) is 0 Å². The lowest BCUT2D eigenvalue weighted by molar-refractivity contribution is 1.17. The fourth-order valence-corrected chi connectivity index (χ4v) is 8.24. The number of para-hydroxylation sites is 1. The molecule has 2 nitrogen and oxygen atoms in total. The molecular formula is C45H30N2S. The van der Waals surface area contributed by atoms with Gasteiger partial charge < -0.3 is 4.57 Å². The van der Waals surface area contributed by atoms with E-state index in [0.29, 0.717) is 5.69 Å². The van der Waals surface area contributed by atoms with Crippen molar-refractivity contribution in [2.24, 2.45) is 0 Å². The van der Waals surface area contributed by atoms with E-state index in [1.54, 1.807) is 0 Å². The minimum absolute atomic E-state index is 0.666.